The van der Waals surface area contributed by atoms with Crippen LogP contribution in [0.15, 0.2) is 29.4 Å². The molecule has 0 radical (unpaired) electrons. The Bertz CT molecular complexity index is 911. The molecule has 3 aromatic rings. The van der Waals surface area contributed by atoms with Gasteiger partial charge in [0.05, 0.1) is 10.2 Å². The predicted octanol–water partition coefficient (Wildman–Crippen LogP) is 2.79. The number of halogens is 1. The van der Waals surface area contributed by atoms with E-state index in [2.05, 4.69) is 14.7 Å². The van der Waals surface area contributed by atoms with Crippen molar-refractivity contribution in [3.8, 4) is 0 Å². The molecule has 0 atom stereocenters. The molecule has 0 spiro atoms. The van der Waals surface area contributed by atoms with Crippen LogP contribution in [0.5, 0.6) is 0 Å². The number of hydrogen-bond donors (Lipinski definition) is 1. The Labute approximate surface area is 130 Å². The van der Waals surface area contributed by atoms with Crippen molar-refractivity contribution in [1.29, 1.82) is 0 Å². The van der Waals surface area contributed by atoms with Crippen molar-refractivity contribution in [3.63, 3.8) is 0 Å². The van der Waals surface area contributed by atoms with Crippen LogP contribution < -0.4 is 4.72 Å². The highest BCUT2D eigenvalue weighted by Crippen LogP contribution is 2.29. The van der Waals surface area contributed by atoms with Gasteiger partial charge in [-0.15, -0.1) is 0 Å². The van der Waals surface area contributed by atoms with Gasteiger partial charge >= 0.3 is 0 Å². The first-order valence-corrected chi connectivity index (χ1v) is 8.62. The fourth-order valence-electron chi connectivity index (χ4n) is 1.77. The van der Waals surface area contributed by atoms with Crippen LogP contribution in [-0.2, 0) is 17.1 Å². The summed E-state index contributed by atoms with van der Waals surface area (Å²) in [5, 5.41) is 0.844. The van der Waals surface area contributed by atoms with Gasteiger partial charge in [0, 0.05) is 18.3 Å². The molecule has 110 valence electrons. The second kappa shape index (κ2) is 4.97. The number of rotatable bonds is 3. The molecule has 2 heterocycles. The number of sulfonamides is 1. The SMILES string of the molecule is Cc1nc(S(=O)(=O)Nc2nc3ccc(Cl)cc3s2)cn1C. The Kier molecular flexibility index (Phi) is 3.39. The molecule has 0 aliphatic rings. The molecule has 0 aliphatic carbocycles. The van der Waals surface area contributed by atoms with E-state index < -0.39 is 10.0 Å². The maximum Gasteiger partial charge on any atom is 0.282 e. The van der Waals surface area contributed by atoms with E-state index >= 15 is 0 Å². The molecule has 0 unspecified atom stereocenters. The Hall–Kier alpha value is -1.64. The summed E-state index contributed by atoms with van der Waals surface area (Å²) in [7, 11) is -2.00. The zero-order chi connectivity index (χ0) is 15.2. The first-order valence-electron chi connectivity index (χ1n) is 5.94. The monoisotopic (exact) mass is 342 g/mol. The Morgan fingerprint density at radius 1 is 1.33 bits per heavy atom. The summed E-state index contributed by atoms with van der Waals surface area (Å²) in [6.45, 7) is 1.73. The van der Waals surface area contributed by atoms with Crippen molar-refractivity contribution >= 4 is 48.3 Å². The lowest BCUT2D eigenvalue weighted by Gasteiger charge is -2.00. The third kappa shape index (κ3) is 2.74. The van der Waals surface area contributed by atoms with Crippen molar-refractivity contribution in [2.24, 2.45) is 7.05 Å². The van der Waals surface area contributed by atoms with Gasteiger partial charge < -0.3 is 4.57 Å². The van der Waals surface area contributed by atoms with Crippen LogP contribution in [-0.4, -0.2) is 23.0 Å². The molecule has 21 heavy (non-hydrogen) atoms. The molecule has 0 fully saturated rings. The highest BCUT2D eigenvalue weighted by Gasteiger charge is 2.20. The summed E-state index contributed by atoms with van der Waals surface area (Å²) in [6, 6.07) is 5.21. The number of aryl methyl sites for hydroxylation is 2. The highest BCUT2D eigenvalue weighted by atomic mass is 35.5. The number of thiazole rings is 1. The summed E-state index contributed by atoms with van der Waals surface area (Å²) in [5.41, 5.74) is 0.694. The fourth-order valence-corrected chi connectivity index (χ4v) is 4.18. The second-order valence-electron chi connectivity index (χ2n) is 4.47. The summed E-state index contributed by atoms with van der Waals surface area (Å²) in [4.78, 5) is 8.24. The fraction of sp³-hybridized carbons (Fsp3) is 0.167. The molecule has 0 aliphatic heterocycles. The van der Waals surface area contributed by atoms with Crippen molar-refractivity contribution in [2.75, 3.05) is 4.72 Å². The van der Waals surface area contributed by atoms with Gasteiger partial charge in [0.1, 0.15) is 5.82 Å². The minimum atomic E-state index is -3.74. The van der Waals surface area contributed by atoms with Gasteiger partial charge in [0.2, 0.25) is 0 Å². The van der Waals surface area contributed by atoms with Gasteiger partial charge in [-0.25, -0.2) is 9.97 Å². The van der Waals surface area contributed by atoms with Crippen LogP contribution in [0, 0.1) is 6.92 Å². The molecular formula is C12H11ClN4O2S2. The van der Waals surface area contributed by atoms with Gasteiger partial charge in [-0.1, -0.05) is 22.9 Å². The predicted molar refractivity (Wildman–Crippen MR) is 83.4 cm³/mol. The summed E-state index contributed by atoms with van der Waals surface area (Å²) in [5.74, 6) is 0.617. The van der Waals surface area contributed by atoms with Gasteiger partial charge in [-0.3, -0.25) is 4.72 Å². The lowest BCUT2D eigenvalue weighted by Crippen LogP contribution is -2.13. The zero-order valence-corrected chi connectivity index (χ0v) is 13.6. The standard InChI is InChI=1S/C12H11ClN4O2S2/c1-7-14-11(6-17(7)2)21(18,19)16-12-15-9-4-3-8(13)5-10(9)20-12/h3-6H,1-2H3,(H,15,16). The van der Waals surface area contributed by atoms with E-state index in [0.29, 0.717) is 16.4 Å². The molecule has 0 amide bonds. The first kappa shape index (κ1) is 14.3. The van der Waals surface area contributed by atoms with E-state index in [1.807, 2.05) is 0 Å². The number of fused-ring (bicyclic) bond motifs is 1. The quantitative estimate of drug-likeness (QED) is 0.794. The average molecular weight is 343 g/mol. The third-order valence-corrected chi connectivity index (χ3v) is 5.44. The van der Waals surface area contributed by atoms with E-state index in [9.17, 15) is 8.42 Å². The van der Waals surface area contributed by atoms with Crippen LogP contribution in [0.1, 0.15) is 5.82 Å². The first-order chi connectivity index (χ1) is 9.85. The minimum Gasteiger partial charge on any atom is -0.337 e. The van der Waals surface area contributed by atoms with Gasteiger partial charge in [0.25, 0.3) is 10.0 Å². The number of benzene rings is 1. The van der Waals surface area contributed by atoms with E-state index in [-0.39, 0.29) is 10.2 Å². The van der Waals surface area contributed by atoms with E-state index in [1.165, 1.54) is 17.5 Å². The van der Waals surface area contributed by atoms with Crippen molar-refractivity contribution < 1.29 is 8.42 Å². The van der Waals surface area contributed by atoms with Gasteiger partial charge in [-0.05, 0) is 25.1 Å². The Morgan fingerprint density at radius 2 is 2.10 bits per heavy atom. The number of imidazole rings is 1. The molecule has 0 saturated carbocycles. The van der Waals surface area contributed by atoms with Crippen molar-refractivity contribution in [2.45, 2.75) is 11.9 Å². The molecule has 9 heteroatoms. The van der Waals surface area contributed by atoms with Crippen molar-refractivity contribution in [3.05, 3.63) is 35.2 Å². The maximum atomic E-state index is 12.3. The number of nitrogens with zero attached hydrogens (tertiary/aromatic N) is 3. The number of hydrogen-bond acceptors (Lipinski definition) is 5. The van der Waals surface area contributed by atoms with Crippen LogP contribution >= 0.6 is 22.9 Å². The number of aromatic nitrogens is 3. The molecule has 2 aromatic heterocycles. The molecule has 0 saturated heterocycles. The zero-order valence-electron chi connectivity index (χ0n) is 11.2. The molecule has 3 rings (SSSR count). The summed E-state index contributed by atoms with van der Waals surface area (Å²) in [6.07, 6.45) is 1.46. The average Bonchev–Trinajstić information content (AvgIpc) is 2.92. The van der Waals surface area contributed by atoms with E-state index in [0.717, 1.165) is 4.70 Å². The highest BCUT2D eigenvalue weighted by molar-refractivity contribution is 7.92. The van der Waals surface area contributed by atoms with Crippen LogP contribution in [0.4, 0.5) is 5.13 Å². The molecule has 0 bridgehead atoms. The van der Waals surface area contributed by atoms with Crippen LogP contribution in [0.3, 0.4) is 0 Å². The van der Waals surface area contributed by atoms with Gasteiger partial charge in [-0.2, -0.15) is 8.42 Å². The third-order valence-electron chi connectivity index (χ3n) is 2.93. The minimum absolute atomic E-state index is 0.0280. The normalized spacial score (nSPS) is 12.0. The molecule has 1 aromatic carbocycles. The lowest BCUT2D eigenvalue weighted by atomic mass is 10.3. The molecular weight excluding hydrogens is 332 g/mol. The van der Waals surface area contributed by atoms with E-state index in [4.69, 9.17) is 11.6 Å². The number of nitrogens with one attached hydrogen (secondary N) is 1. The van der Waals surface area contributed by atoms with Crippen molar-refractivity contribution in [1.82, 2.24) is 14.5 Å². The number of anilines is 1. The van der Waals surface area contributed by atoms with E-state index in [1.54, 1.807) is 36.7 Å². The smallest absolute Gasteiger partial charge is 0.282 e. The maximum absolute atomic E-state index is 12.3. The summed E-state index contributed by atoms with van der Waals surface area (Å²) >= 11 is 7.13. The molecule has 6 nitrogen and oxygen atoms in total. The second-order valence-corrected chi connectivity index (χ2v) is 7.57. The van der Waals surface area contributed by atoms with Gasteiger partial charge in [0.15, 0.2) is 10.2 Å². The lowest BCUT2D eigenvalue weighted by molar-refractivity contribution is 0.598. The topological polar surface area (TPSA) is 76.9 Å². The summed E-state index contributed by atoms with van der Waals surface area (Å²) < 4.78 is 29.4. The molecule has 1 N–H and O–H groups in total. The largest absolute Gasteiger partial charge is 0.337 e. The van der Waals surface area contributed by atoms with Crippen LogP contribution in [0.2, 0.25) is 5.02 Å². The van der Waals surface area contributed by atoms with Crippen LogP contribution in [0.25, 0.3) is 10.2 Å². The Balaban J connectivity index is 1.97. The Morgan fingerprint density at radius 3 is 2.76 bits per heavy atom.